The first kappa shape index (κ1) is 25.1. The van der Waals surface area contributed by atoms with Gasteiger partial charge < -0.3 is 10.1 Å². The topological polar surface area (TPSA) is 79.8 Å². The molecule has 0 aliphatic carbocycles. The van der Waals surface area contributed by atoms with E-state index < -0.39 is 0 Å². The fourth-order valence-corrected chi connectivity index (χ4v) is 3.10. The Morgan fingerprint density at radius 3 is 2.44 bits per heavy atom. The number of rotatable bonds is 14. The van der Waals surface area contributed by atoms with Crippen molar-refractivity contribution in [1.29, 1.82) is 0 Å². The Bertz CT molecular complexity index is 863. The van der Waals surface area contributed by atoms with Gasteiger partial charge in [-0.25, -0.2) is 5.43 Å². The summed E-state index contributed by atoms with van der Waals surface area (Å²) in [5.74, 6) is 0.456. The van der Waals surface area contributed by atoms with Crippen molar-refractivity contribution in [3.05, 3.63) is 59.7 Å². The summed E-state index contributed by atoms with van der Waals surface area (Å²) in [6, 6.07) is 14.4. The molecular formula is C26H35N3O3. The number of nitrogens with one attached hydrogen (secondary N) is 2. The Balaban J connectivity index is 1.80. The number of hydrazone groups is 1. The highest BCUT2D eigenvalue weighted by atomic mass is 16.5. The van der Waals surface area contributed by atoms with Gasteiger partial charge in [0, 0.05) is 17.7 Å². The van der Waals surface area contributed by atoms with Crippen LogP contribution in [0.25, 0.3) is 0 Å². The summed E-state index contributed by atoms with van der Waals surface area (Å²) in [5.41, 5.74) is 4.42. The molecule has 0 aliphatic rings. The maximum absolute atomic E-state index is 12.4. The molecule has 0 aliphatic heterocycles. The second-order valence-corrected chi connectivity index (χ2v) is 7.76. The second kappa shape index (κ2) is 14.8. The Morgan fingerprint density at radius 2 is 1.69 bits per heavy atom. The number of amides is 2. The first-order chi connectivity index (χ1) is 15.6. The number of carbonyl (C=O) groups is 2. The first-order valence-electron chi connectivity index (χ1n) is 11.6. The summed E-state index contributed by atoms with van der Waals surface area (Å²) in [7, 11) is 0. The van der Waals surface area contributed by atoms with E-state index in [0.29, 0.717) is 17.7 Å². The van der Waals surface area contributed by atoms with E-state index in [1.165, 1.54) is 12.8 Å². The number of unbranched alkanes of at least 4 members (excludes halogenated alkanes) is 5. The summed E-state index contributed by atoms with van der Waals surface area (Å²) >= 11 is 0. The molecule has 2 aromatic rings. The molecule has 0 spiro atoms. The second-order valence-electron chi connectivity index (χ2n) is 7.76. The van der Waals surface area contributed by atoms with Crippen LogP contribution >= 0.6 is 0 Å². The molecule has 2 aromatic carbocycles. The molecule has 0 heterocycles. The van der Waals surface area contributed by atoms with Gasteiger partial charge in [0.1, 0.15) is 5.75 Å². The standard InChI is InChI=1S/C26H35N3O3/c1-3-5-7-8-13-25(30)28-23-12-10-11-22(19-23)26(31)29-27-20-21-14-16-24(17-15-21)32-18-9-6-4-2/h10-12,14-17,19-20H,3-9,13,18H2,1-2H3,(H,28,30)(H,29,31)/b27-20+. The summed E-state index contributed by atoms with van der Waals surface area (Å²) in [6.07, 6.45) is 9.67. The molecule has 32 heavy (non-hydrogen) atoms. The van der Waals surface area contributed by atoms with Crippen LogP contribution in [0.5, 0.6) is 5.75 Å². The smallest absolute Gasteiger partial charge is 0.271 e. The number of benzene rings is 2. The molecule has 172 valence electrons. The number of hydrogen-bond acceptors (Lipinski definition) is 4. The van der Waals surface area contributed by atoms with Crippen LogP contribution in [-0.2, 0) is 4.79 Å². The third-order valence-electron chi connectivity index (χ3n) is 4.94. The lowest BCUT2D eigenvalue weighted by atomic mass is 10.1. The zero-order valence-corrected chi connectivity index (χ0v) is 19.2. The van der Waals surface area contributed by atoms with Crippen molar-refractivity contribution >= 4 is 23.7 Å². The highest BCUT2D eigenvalue weighted by Gasteiger charge is 2.07. The monoisotopic (exact) mass is 437 g/mol. The molecule has 6 heteroatoms. The van der Waals surface area contributed by atoms with E-state index in [9.17, 15) is 9.59 Å². The minimum Gasteiger partial charge on any atom is -0.494 e. The zero-order chi connectivity index (χ0) is 23.0. The molecular weight excluding hydrogens is 402 g/mol. The van der Waals surface area contributed by atoms with E-state index in [2.05, 4.69) is 29.7 Å². The lowest BCUT2D eigenvalue weighted by Crippen LogP contribution is -2.18. The lowest BCUT2D eigenvalue weighted by Gasteiger charge is -2.07. The average Bonchev–Trinajstić information content (AvgIpc) is 2.80. The molecule has 0 saturated heterocycles. The third kappa shape index (κ3) is 9.77. The van der Waals surface area contributed by atoms with Gasteiger partial charge in [0.05, 0.1) is 12.8 Å². The van der Waals surface area contributed by atoms with Crippen molar-refractivity contribution in [2.45, 2.75) is 65.2 Å². The van der Waals surface area contributed by atoms with Gasteiger partial charge in [-0.1, -0.05) is 52.0 Å². The van der Waals surface area contributed by atoms with Gasteiger partial charge >= 0.3 is 0 Å². The highest BCUT2D eigenvalue weighted by Crippen LogP contribution is 2.13. The van der Waals surface area contributed by atoms with Gasteiger partial charge in [-0.15, -0.1) is 0 Å². The minimum atomic E-state index is -0.337. The van der Waals surface area contributed by atoms with E-state index in [1.54, 1.807) is 30.5 Å². The number of ether oxygens (including phenoxy) is 1. The first-order valence-corrected chi connectivity index (χ1v) is 11.6. The number of nitrogens with zero attached hydrogens (tertiary/aromatic N) is 1. The molecule has 0 aromatic heterocycles. The van der Waals surface area contributed by atoms with Crippen LogP contribution in [0, 0.1) is 0 Å². The number of hydrogen-bond donors (Lipinski definition) is 2. The van der Waals surface area contributed by atoms with E-state index >= 15 is 0 Å². The molecule has 6 nitrogen and oxygen atoms in total. The van der Waals surface area contributed by atoms with E-state index in [0.717, 1.165) is 50.0 Å². The Kier molecular flexibility index (Phi) is 11.6. The molecule has 0 bridgehead atoms. The molecule has 2 rings (SSSR count). The maximum Gasteiger partial charge on any atom is 0.271 e. The normalized spacial score (nSPS) is 10.8. The fraction of sp³-hybridized carbons (Fsp3) is 0.423. The average molecular weight is 438 g/mol. The van der Waals surface area contributed by atoms with Gasteiger partial charge in [-0.3, -0.25) is 9.59 Å². The maximum atomic E-state index is 12.4. The molecule has 2 N–H and O–H groups in total. The Morgan fingerprint density at radius 1 is 0.938 bits per heavy atom. The molecule has 2 amide bonds. The molecule has 0 saturated carbocycles. The van der Waals surface area contributed by atoms with Crippen molar-refractivity contribution in [3.63, 3.8) is 0 Å². The number of carbonyl (C=O) groups excluding carboxylic acids is 2. The third-order valence-corrected chi connectivity index (χ3v) is 4.94. The molecule has 0 atom stereocenters. The quantitative estimate of drug-likeness (QED) is 0.218. The summed E-state index contributed by atoms with van der Waals surface area (Å²) in [6.45, 7) is 5.02. The van der Waals surface area contributed by atoms with Crippen molar-refractivity contribution in [2.75, 3.05) is 11.9 Å². The van der Waals surface area contributed by atoms with Crippen LogP contribution < -0.4 is 15.5 Å². The summed E-state index contributed by atoms with van der Waals surface area (Å²) < 4.78 is 5.69. The van der Waals surface area contributed by atoms with Crippen LogP contribution in [0.15, 0.2) is 53.6 Å². The van der Waals surface area contributed by atoms with Crippen molar-refractivity contribution < 1.29 is 14.3 Å². The highest BCUT2D eigenvalue weighted by molar-refractivity contribution is 5.97. The van der Waals surface area contributed by atoms with Gasteiger partial charge in [-0.05, 0) is 60.9 Å². The lowest BCUT2D eigenvalue weighted by molar-refractivity contribution is -0.116. The predicted octanol–water partition coefficient (Wildman–Crippen LogP) is 5.93. The molecule has 0 unspecified atom stereocenters. The molecule has 0 fully saturated rings. The molecule has 0 radical (unpaired) electrons. The van der Waals surface area contributed by atoms with Gasteiger partial charge in [0.25, 0.3) is 5.91 Å². The van der Waals surface area contributed by atoms with Crippen LogP contribution in [0.1, 0.15) is 81.1 Å². The summed E-state index contributed by atoms with van der Waals surface area (Å²) in [5, 5.41) is 6.88. The van der Waals surface area contributed by atoms with Crippen LogP contribution in [0.3, 0.4) is 0 Å². The van der Waals surface area contributed by atoms with Gasteiger partial charge in [-0.2, -0.15) is 5.10 Å². The Labute approximate surface area is 191 Å². The van der Waals surface area contributed by atoms with Crippen molar-refractivity contribution in [3.8, 4) is 5.75 Å². The van der Waals surface area contributed by atoms with Gasteiger partial charge in [0.15, 0.2) is 0 Å². The predicted molar refractivity (Wildman–Crippen MR) is 130 cm³/mol. The van der Waals surface area contributed by atoms with Crippen molar-refractivity contribution in [2.24, 2.45) is 5.10 Å². The fourth-order valence-electron chi connectivity index (χ4n) is 3.10. The van der Waals surface area contributed by atoms with Crippen LogP contribution in [-0.4, -0.2) is 24.6 Å². The SMILES string of the molecule is CCCCCCC(=O)Nc1cccc(C(=O)N/N=C/c2ccc(OCCCCC)cc2)c1. The van der Waals surface area contributed by atoms with E-state index in [-0.39, 0.29) is 11.8 Å². The number of anilines is 1. The van der Waals surface area contributed by atoms with Crippen LogP contribution in [0.2, 0.25) is 0 Å². The van der Waals surface area contributed by atoms with E-state index in [1.807, 2.05) is 24.3 Å². The Hall–Kier alpha value is -3.15. The summed E-state index contributed by atoms with van der Waals surface area (Å²) in [4.78, 5) is 24.4. The largest absolute Gasteiger partial charge is 0.494 e. The minimum absolute atomic E-state index is 0.0329. The van der Waals surface area contributed by atoms with Crippen LogP contribution in [0.4, 0.5) is 5.69 Å². The van der Waals surface area contributed by atoms with Gasteiger partial charge in [0.2, 0.25) is 5.91 Å². The van der Waals surface area contributed by atoms with E-state index in [4.69, 9.17) is 4.74 Å². The van der Waals surface area contributed by atoms with Crippen molar-refractivity contribution in [1.82, 2.24) is 5.43 Å². The zero-order valence-electron chi connectivity index (χ0n) is 19.2.